The Morgan fingerprint density at radius 3 is 2.58 bits per heavy atom. The zero-order valence-electron chi connectivity index (χ0n) is 17.7. The highest BCUT2D eigenvalue weighted by Crippen LogP contribution is 2.39. The number of amides is 1. The lowest BCUT2D eigenvalue weighted by molar-refractivity contribution is -0.115. The van der Waals surface area contributed by atoms with Gasteiger partial charge in [0.2, 0.25) is 0 Å². The lowest BCUT2D eigenvalue weighted by atomic mass is 10.1. The van der Waals surface area contributed by atoms with Gasteiger partial charge < -0.3 is 14.8 Å². The fraction of sp³-hybridized carbons (Fsp3) is 0.120. The molecule has 168 valence electrons. The molecule has 8 heteroatoms. The summed E-state index contributed by atoms with van der Waals surface area (Å²) >= 11 is 7.75. The number of carbonyl (C=O) groups excluding carboxylic acids is 1. The summed E-state index contributed by atoms with van der Waals surface area (Å²) in [5.41, 5.74) is 2.24. The first-order valence-corrected chi connectivity index (χ1v) is 11.4. The molecule has 0 spiro atoms. The largest absolute Gasteiger partial charge is 0.490 e. The summed E-state index contributed by atoms with van der Waals surface area (Å²) in [6.45, 7) is 2.47. The molecule has 1 fully saturated rings. The van der Waals surface area contributed by atoms with E-state index in [0.29, 0.717) is 38.8 Å². The minimum absolute atomic E-state index is 0.206. The van der Waals surface area contributed by atoms with E-state index in [1.54, 1.807) is 30.3 Å². The van der Waals surface area contributed by atoms with E-state index < -0.39 is 0 Å². The summed E-state index contributed by atoms with van der Waals surface area (Å²) in [6.07, 6.45) is 1.73. The molecule has 3 aromatic carbocycles. The molecular formula is C25H20ClFN2O3S. The number of hydrogen-bond acceptors (Lipinski definition) is 5. The van der Waals surface area contributed by atoms with Gasteiger partial charge in [-0.05, 0) is 72.3 Å². The van der Waals surface area contributed by atoms with Crippen molar-refractivity contribution in [3.05, 3.63) is 93.6 Å². The highest BCUT2D eigenvalue weighted by atomic mass is 35.5. The quantitative estimate of drug-likeness (QED) is 0.399. The van der Waals surface area contributed by atoms with Gasteiger partial charge in [-0.25, -0.2) is 9.38 Å². The van der Waals surface area contributed by atoms with Crippen LogP contribution in [0.25, 0.3) is 6.08 Å². The van der Waals surface area contributed by atoms with Crippen molar-refractivity contribution < 1.29 is 18.7 Å². The standard InChI is InChI=1S/C25H20ClFN2O3S/c1-2-31-21-13-17(12-20(26)23(21)32-15-16-8-10-18(27)11-9-16)14-22-24(30)29-25(33-22)28-19-6-4-3-5-7-19/h3-14H,2,15H2,1H3,(H,28,29,30)/b22-14-. The Morgan fingerprint density at radius 2 is 1.85 bits per heavy atom. The number of para-hydroxylation sites is 1. The van der Waals surface area contributed by atoms with Gasteiger partial charge in [-0.15, -0.1) is 0 Å². The highest BCUT2D eigenvalue weighted by molar-refractivity contribution is 8.18. The van der Waals surface area contributed by atoms with Gasteiger partial charge in [0, 0.05) is 0 Å². The van der Waals surface area contributed by atoms with Crippen molar-refractivity contribution in [1.29, 1.82) is 0 Å². The predicted octanol–water partition coefficient (Wildman–Crippen LogP) is 6.35. The van der Waals surface area contributed by atoms with Gasteiger partial charge in [0.1, 0.15) is 12.4 Å². The van der Waals surface area contributed by atoms with E-state index in [0.717, 1.165) is 11.3 Å². The normalized spacial score (nSPS) is 15.7. The molecule has 1 heterocycles. The van der Waals surface area contributed by atoms with Crippen LogP contribution in [0.4, 0.5) is 10.1 Å². The molecule has 3 aromatic rings. The number of halogens is 2. The Labute approximate surface area is 200 Å². The van der Waals surface area contributed by atoms with E-state index in [1.807, 2.05) is 37.3 Å². The molecule has 0 aromatic heterocycles. The van der Waals surface area contributed by atoms with Gasteiger partial charge in [0.05, 0.1) is 22.2 Å². The first kappa shape index (κ1) is 22.9. The Morgan fingerprint density at radius 1 is 1.09 bits per heavy atom. The first-order chi connectivity index (χ1) is 16.0. The lowest BCUT2D eigenvalue weighted by Gasteiger charge is -2.14. The molecule has 1 aliphatic heterocycles. The summed E-state index contributed by atoms with van der Waals surface area (Å²) in [4.78, 5) is 17.4. The van der Waals surface area contributed by atoms with E-state index >= 15 is 0 Å². The molecule has 0 bridgehead atoms. The van der Waals surface area contributed by atoms with Crippen molar-refractivity contribution >= 4 is 46.2 Å². The van der Waals surface area contributed by atoms with E-state index in [4.69, 9.17) is 21.1 Å². The van der Waals surface area contributed by atoms with Crippen molar-refractivity contribution in [2.24, 2.45) is 4.99 Å². The van der Waals surface area contributed by atoms with Gasteiger partial charge in [0.25, 0.3) is 5.91 Å². The Bertz CT molecular complexity index is 1210. The van der Waals surface area contributed by atoms with E-state index in [9.17, 15) is 9.18 Å². The second-order valence-electron chi connectivity index (χ2n) is 7.00. The summed E-state index contributed by atoms with van der Waals surface area (Å²) in [5.74, 6) is 0.302. The Kier molecular flexibility index (Phi) is 7.32. The second-order valence-corrected chi connectivity index (χ2v) is 8.43. The lowest BCUT2D eigenvalue weighted by Crippen LogP contribution is -2.19. The molecule has 0 atom stereocenters. The molecule has 33 heavy (non-hydrogen) atoms. The number of ether oxygens (including phenoxy) is 2. The maximum absolute atomic E-state index is 13.1. The summed E-state index contributed by atoms with van der Waals surface area (Å²) in [5, 5.41) is 3.62. The third-order valence-electron chi connectivity index (χ3n) is 4.56. The highest BCUT2D eigenvalue weighted by Gasteiger charge is 2.24. The Balaban J connectivity index is 1.55. The number of nitrogens with zero attached hydrogens (tertiary/aromatic N) is 1. The Hall–Kier alpha value is -3.29. The van der Waals surface area contributed by atoms with Crippen LogP contribution in [0.1, 0.15) is 18.1 Å². The summed E-state index contributed by atoms with van der Waals surface area (Å²) in [7, 11) is 0. The monoisotopic (exact) mass is 482 g/mol. The van der Waals surface area contributed by atoms with Gasteiger partial charge in [-0.1, -0.05) is 41.9 Å². The van der Waals surface area contributed by atoms with Crippen LogP contribution in [-0.4, -0.2) is 17.7 Å². The third kappa shape index (κ3) is 5.94. The topological polar surface area (TPSA) is 59.9 Å². The molecule has 5 nitrogen and oxygen atoms in total. The van der Waals surface area contributed by atoms with Crippen molar-refractivity contribution in [2.75, 3.05) is 6.61 Å². The number of rotatable bonds is 7. The summed E-state index contributed by atoms with van der Waals surface area (Å²) < 4.78 is 24.7. The zero-order valence-corrected chi connectivity index (χ0v) is 19.3. The van der Waals surface area contributed by atoms with E-state index in [2.05, 4.69) is 10.3 Å². The number of hydrogen-bond donors (Lipinski definition) is 1. The molecule has 1 amide bonds. The minimum atomic E-state index is -0.310. The van der Waals surface area contributed by atoms with Crippen LogP contribution in [-0.2, 0) is 11.4 Å². The van der Waals surface area contributed by atoms with Crippen LogP contribution in [0.15, 0.2) is 76.6 Å². The SMILES string of the molecule is CCOc1cc(/C=C2\SC(=Nc3ccccc3)NC2=O)cc(Cl)c1OCc1ccc(F)cc1. The molecule has 1 saturated heterocycles. The number of benzene rings is 3. The zero-order chi connectivity index (χ0) is 23.2. The van der Waals surface area contributed by atoms with Crippen LogP contribution in [0.3, 0.4) is 0 Å². The molecule has 0 saturated carbocycles. The van der Waals surface area contributed by atoms with Crippen LogP contribution in [0.5, 0.6) is 11.5 Å². The molecule has 4 rings (SSSR count). The average Bonchev–Trinajstić information content (AvgIpc) is 3.13. The van der Waals surface area contributed by atoms with Crippen molar-refractivity contribution in [1.82, 2.24) is 5.32 Å². The molecule has 0 radical (unpaired) electrons. The van der Waals surface area contributed by atoms with Crippen molar-refractivity contribution in [3.8, 4) is 11.5 Å². The van der Waals surface area contributed by atoms with Gasteiger partial charge in [0.15, 0.2) is 16.7 Å². The van der Waals surface area contributed by atoms with Crippen molar-refractivity contribution in [3.63, 3.8) is 0 Å². The first-order valence-electron chi connectivity index (χ1n) is 10.2. The smallest absolute Gasteiger partial charge is 0.264 e. The predicted molar refractivity (Wildman–Crippen MR) is 131 cm³/mol. The van der Waals surface area contributed by atoms with Crippen LogP contribution >= 0.6 is 23.4 Å². The molecular weight excluding hydrogens is 463 g/mol. The third-order valence-corrected chi connectivity index (χ3v) is 5.75. The number of carbonyl (C=O) groups is 1. The fourth-order valence-electron chi connectivity index (χ4n) is 3.06. The van der Waals surface area contributed by atoms with Crippen LogP contribution in [0.2, 0.25) is 5.02 Å². The number of aliphatic imine (C=N–C) groups is 1. The maximum atomic E-state index is 13.1. The average molecular weight is 483 g/mol. The van der Waals surface area contributed by atoms with Crippen LogP contribution in [0, 0.1) is 5.82 Å². The fourth-order valence-corrected chi connectivity index (χ4v) is 4.18. The molecule has 1 N–H and O–H groups in total. The van der Waals surface area contributed by atoms with E-state index in [-0.39, 0.29) is 18.3 Å². The van der Waals surface area contributed by atoms with Gasteiger partial charge in [-0.2, -0.15) is 0 Å². The van der Waals surface area contributed by atoms with Crippen LogP contribution < -0.4 is 14.8 Å². The van der Waals surface area contributed by atoms with Crippen molar-refractivity contribution in [2.45, 2.75) is 13.5 Å². The molecule has 0 unspecified atom stereocenters. The minimum Gasteiger partial charge on any atom is -0.490 e. The molecule has 0 aliphatic carbocycles. The summed E-state index contributed by atoms with van der Waals surface area (Å²) in [6, 6.07) is 18.9. The van der Waals surface area contributed by atoms with Gasteiger partial charge in [-0.3, -0.25) is 4.79 Å². The number of amidine groups is 1. The number of nitrogens with one attached hydrogen (secondary N) is 1. The maximum Gasteiger partial charge on any atom is 0.264 e. The van der Waals surface area contributed by atoms with E-state index in [1.165, 1.54) is 23.9 Å². The number of thioether (sulfide) groups is 1. The van der Waals surface area contributed by atoms with Gasteiger partial charge >= 0.3 is 0 Å². The second kappa shape index (κ2) is 10.6. The molecule has 1 aliphatic rings.